The zero-order valence-corrected chi connectivity index (χ0v) is 28.1. The number of hydrogen-bond acceptors (Lipinski definition) is 8. The lowest BCUT2D eigenvalue weighted by Gasteiger charge is -2.29. The topological polar surface area (TPSA) is 150 Å². The summed E-state index contributed by atoms with van der Waals surface area (Å²) in [5.74, 6) is -1.30. The maximum absolute atomic E-state index is 13.6. The number of aromatic nitrogens is 2. The standard InChI is InChI=1S/C36H43N5O7/c1-35(2,3)48-34(45)40-36(4,5)33(44)38-28(21-47-20-24-13-8-7-9-14-24)32(43)39-30-19-41(23-37-30)31(29(42)22-46-6)27-18-12-16-25-15-10-11-17-26(25)27/h7-19,23,28,31H,20-22H2,1-6H3,(H,38,44)(H,39,43)(H,40,45)/t28-,31?/m1/s1. The van der Waals surface area contributed by atoms with Gasteiger partial charge in [-0.05, 0) is 56.5 Å². The second kappa shape index (κ2) is 15.7. The predicted molar refractivity (Wildman–Crippen MR) is 181 cm³/mol. The number of nitrogens with zero attached hydrogens (tertiary/aromatic N) is 2. The average molecular weight is 658 g/mol. The first-order valence-corrected chi connectivity index (χ1v) is 15.5. The summed E-state index contributed by atoms with van der Waals surface area (Å²) in [5.41, 5.74) is -0.567. The van der Waals surface area contributed by atoms with Gasteiger partial charge in [-0.15, -0.1) is 0 Å². The molecular weight excluding hydrogens is 614 g/mol. The zero-order valence-electron chi connectivity index (χ0n) is 28.1. The van der Waals surface area contributed by atoms with Crippen LogP contribution in [0.5, 0.6) is 0 Å². The number of methoxy groups -OCH3 is 1. The summed E-state index contributed by atoms with van der Waals surface area (Å²) in [5, 5.41) is 9.84. The molecule has 0 radical (unpaired) electrons. The number of hydrogen-bond donors (Lipinski definition) is 3. The van der Waals surface area contributed by atoms with Crippen molar-refractivity contribution in [2.45, 2.75) is 64.4 Å². The van der Waals surface area contributed by atoms with E-state index in [1.54, 1.807) is 31.5 Å². The first kappa shape index (κ1) is 35.8. The van der Waals surface area contributed by atoms with E-state index in [9.17, 15) is 19.2 Å². The second-order valence-corrected chi connectivity index (χ2v) is 12.8. The summed E-state index contributed by atoms with van der Waals surface area (Å²) in [4.78, 5) is 57.2. The molecular formula is C36H43N5O7. The Morgan fingerprint density at radius 3 is 2.29 bits per heavy atom. The number of alkyl carbamates (subject to hydrolysis) is 1. The fourth-order valence-electron chi connectivity index (χ4n) is 4.97. The van der Waals surface area contributed by atoms with Gasteiger partial charge in [-0.25, -0.2) is 9.78 Å². The van der Waals surface area contributed by atoms with Gasteiger partial charge in [-0.2, -0.15) is 0 Å². The van der Waals surface area contributed by atoms with Gasteiger partial charge < -0.3 is 34.7 Å². The number of carbonyl (C=O) groups is 4. The number of ether oxygens (including phenoxy) is 3. The van der Waals surface area contributed by atoms with E-state index in [1.165, 1.54) is 27.3 Å². The number of benzene rings is 3. The summed E-state index contributed by atoms with van der Waals surface area (Å²) in [6.07, 6.45) is 2.23. The van der Waals surface area contributed by atoms with E-state index in [-0.39, 0.29) is 31.4 Å². The van der Waals surface area contributed by atoms with E-state index in [0.29, 0.717) is 0 Å². The molecule has 0 aliphatic carbocycles. The molecule has 0 saturated heterocycles. The Balaban J connectivity index is 1.55. The van der Waals surface area contributed by atoms with Crippen molar-refractivity contribution < 1.29 is 33.4 Å². The van der Waals surface area contributed by atoms with Gasteiger partial charge in [0.05, 0.1) is 19.5 Å². The summed E-state index contributed by atoms with van der Waals surface area (Å²) < 4.78 is 17.9. The summed E-state index contributed by atoms with van der Waals surface area (Å²) in [6.45, 7) is 8.02. The normalized spacial score (nSPS) is 13.0. The van der Waals surface area contributed by atoms with Gasteiger partial charge in [0.25, 0.3) is 5.91 Å². The Labute approximate surface area is 280 Å². The molecule has 0 saturated carbocycles. The van der Waals surface area contributed by atoms with E-state index in [4.69, 9.17) is 14.2 Å². The Morgan fingerprint density at radius 2 is 1.58 bits per heavy atom. The molecule has 0 aliphatic rings. The van der Waals surface area contributed by atoms with Crippen LogP contribution in [0.4, 0.5) is 10.6 Å². The van der Waals surface area contributed by atoms with Crippen molar-refractivity contribution in [3.8, 4) is 0 Å². The van der Waals surface area contributed by atoms with Gasteiger partial charge in [0.15, 0.2) is 11.6 Å². The molecule has 4 aromatic rings. The molecule has 254 valence electrons. The molecule has 1 aromatic heterocycles. The van der Waals surface area contributed by atoms with Gasteiger partial charge in [0.2, 0.25) is 5.91 Å². The van der Waals surface area contributed by atoms with Crippen LogP contribution in [0.2, 0.25) is 0 Å². The van der Waals surface area contributed by atoms with Gasteiger partial charge in [-0.3, -0.25) is 14.4 Å². The van der Waals surface area contributed by atoms with Crippen molar-refractivity contribution >= 4 is 40.3 Å². The molecule has 4 rings (SSSR count). The van der Waals surface area contributed by atoms with Gasteiger partial charge in [0, 0.05) is 13.3 Å². The van der Waals surface area contributed by atoms with E-state index in [2.05, 4.69) is 20.9 Å². The van der Waals surface area contributed by atoms with Crippen molar-refractivity contribution in [2.24, 2.45) is 0 Å². The van der Waals surface area contributed by atoms with E-state index < -0.39 is 41.1 Å². The smallest absolute Gasteiger partial charge is 0.408 e. The Morgan fingerprint density at radius 1 is 0.896 bits per heavy atom. The van der Waals surface area contributed by atoms with Crippen LogP contribution in [0.25, 0.3) is 10.8 Å². The summed E-state index contributed by atoms with van der Waals surface area (Å²) in [6, 6.07) is 20.9. The number of imidazole rings is 1. The fraction of sp³-hybridized carbons (Fsp3) is 0.361. The van der Waals surface area contributed by atoms with Crippen LogP contribution in [-0.4, -0.2) is 70.7 Å². The number of anilines is 1. The maximum Gasteiger partial charge on any atom is 0.408 e. The van der Waals surface area contributed by atoms with Gasteiger partial charge in [-0.1, -0.05) is 72.8 Å². The molecule has 1 heterocycles. The summed E-state index contributed by atoms with van der Waals surface area (Å²) in [7, 11) is 1.45. The quantitative estimate of drug-likeness (QED) is 0.175. The number of ketones is 1. The average Bonchev–Trinajstić information content (AvgIpc) is 3.47. The highest BCUT2D eigenvalue weighted by atomic mass is 16.6. The van der Waals surface area contributed by atoms with Crippen molar-refractivity contribution in [3.63, 3.8) is 0 Å². The van der Waals surface area contributed by atoms with Crippen LogP contribution >= 0.6 is 0 Å². The van der Waals surface area contributed by atoms with Gasteiger partial charge >= 0.3 is 6.09 Å². The SMILES string of the molecule is COCC(=O)C(c1cccc2ccccc12)n1cnc(NC(=O)[C@@H](COCc2ccccc2)NC(=O)C(C)(C)NC(=O)OC(C)(C)C)c1. The van der Waals surface area contributed by atoms with Crippen molar-refractivity contribution in [2.75, 3.05) is 25.6 Å². The first-order valence-electron chi connectivity index (χ1n) is 15.5. The third kappa shape index (κ3) is 9.72. The van der Waals surface area contributed by atoms with Gasteiger partial charge in [0.1, 0.15) is 29.8 Å². The lowest BCUT2D eigenvalue weighted by atomic mass is 9.96. The Hall–Kier alpha value is -5.07. The molecule has 2 atom stereocenters. The molecule has 12 nitrogen and oxygen atoms in total. The molecule has 3 amide bonds. The highest BCUT2D eigenvalue weighted by molar-refractivity contribution is 5.99. The molecule has 0 aliphatic heterocycles. The van der Waals surface area contributed by atoms with Crippen LogP contribution in [0, 0.1) is 0 Å². The van der Waals surface area contributed by atoms with Crippen LogP contribution in [0.1, 0.15) is 51.8 Å². The molecule has 12 heteroatoms. The number of carbonyl (C=O) groups excluding carboxylic acids is 4. The minimum Gasteiger partial charge on any atom is -0.444 e. The molecule has 1 unspecified atom stereocenters. The third-order valence-electron chi connectivity index (χ3n) is 7.26. The first-order chi connectivity index (χ1) is 22.8. The highest BCUT2D eigenvalue weighted by Gasteiger charge is 2.35. The van der Waals surface area contributed by atoms with Crippen LogP contribution in [-0.2, 0) is 35.2 Å². The van der Waals surface area contributed by atoms with Crippen molar-refractivity contribution in [1.82, 2.24) is 20.2 Å². The van der Waals surface area contributed by atoms with Crippen molar-refractivity contribution in [3.05, 3.63) is 96.4 Å². The monoisotopic (exact) mass is 657 g/mol. The third-order valence-corrected chi connectivity index (χ3v) is 7.26. The van der Waals surface area contributed by atoms with E-state index >= 15 is 0 Å². The van der Waals surface area contributed by atoms with Crippen molar-refractivity contribution in [1.29, 1.82) is 0 Å². The number of amides is 3. The van der Waals surface area contributed by atoms with Crippen LogP contribution in [0.15, 0.2) is 85.3 Å². The number of nitrogens with one attached hydrogen (secondary N) is 3. The minimum absolute atomic E-state index is 0.131. The molecule has 3 aromatic carbocycles. The number of Topliss-reactive ketones (excluding diaryl/α,β-unsaturated/α-hetero) is 1. The van der Waals surface area contributed by atoms with Crippen LogP contribution in [0.3, 0.4) is 0 Å². The molecule has 0 spiro atoms. The molecule has 3 N–H and O–H groups in total. The fourth-order valence-corrected chi connectivity index (χ4v) is 4.97. The highest BCUT2D eigenvalue weighted by Crippen LogP contribution is 2.29. The van der Waals surface area contributed by atoms with Crippen LogP contribution < -0.4 is 16.0 Å². The molecule has 0 fully saturated rings. The minimum atomic E-state index is -1.44. The maximum atomic E-state index is 13.6. The number of fused-ring (bicyclic) bond motifs is 1. The lowest BCUT2D eigenvalue weighted by molar-refractivity contribution is -0.131. The second-order valence-electron chi connectivity index (χ2n) is 12.8. The Kier molecular flexibility index (Phi) is 11.7. The molecule has 0 bridgehead atoms. The lowest BCUT2D eigenvalue weighted by Crippen LogP contribution is -2.59. The summed E-state index contributed by atoms with van der Waals surface area (Å²) >= 11 is 0. The zero-order chi connectivity index (χ0) is 34.9. The van der Waals surface area contributed by atoms with E-state index in [0.717, 1.165) is 21.9 Å². The molecule has 48 heavy (non-hydrogen) atoms. The largest absolute Gasteiger partial charge is 0.444 e. The number of rotatable bonds is 14. The van der Waals surface area contributed by atoms with E-state index in [1.807, 2.05) is 72.8 Å². The predicted octanol–water partition coefficient (Wildman–Crippen LogP) is 4.78. The Bertz CT molecular complexity index is 1720.